The predicted molar refractivity (Wildman–Crippen MR) is 42.8 cm³/mol. The van der Waals surface area contributed by atoms with Crippen LogP contribution < -0.4 is 5.73 Å². The minimum atomic E-state index is -2.86. The minimum absolute atomic E-state index is 0.273. The number of hydrogen-bond acceptors (Lipinski definition) is 4. The molecular weight excluding hydrogens is 198 g/mol. The lowest BCUT2D eigenvalue weighted by molar-refractivity contribution is -0.386. The van der Waals surface area contributed by atoms with E-state index >= 15 is 0 Å². The lowest BCUT2D eigenvalue weighted by Gasteiger charge is -2.09. The van der Waals surface area contributed by atoms with Gasteiger partial charge in [0, 0.05) is 7.05 Å². The molecule has 78 valence electrons. The van der Waals surface area contributed by atoms with Gasteiger partial charge in [-0.25, -0.2) is 8.78 Å². The number of rotatable bonds is 3. The van der Waals surface area contributed by atoms with E-state index in [1.807, 2.05) is 0 Å². The zero-order chi connectivity index (χ0) is 10.9. The molecule has 1 rings (SSSR count). The molecule has 0 aliphatic carbocycles. The maximum absolute atomic E-state index is 12.2. The van der Waals surface area contributed by atoms with Gasteiger partial charge in [0.25, 0.3) is 6.43 Å². The first-order chi connectivity index (χ1) is 6.45. The molecule has 0 amide bonds. The second kappa shape index (κ2) is 3.66. The van der Waals surface area contributed by atoms with E-state index in [0.717, 1.165) is 10.9 Å². The number of nitro groups is 1. The third-order valence-electron chi connectivity index (χ3n) is 1.75. The number of alkyl halides is 2. The van der Waals surface area contributed by atoms with E-state index in [-0.39, 0.29) is 5.69 Å². The van der Waals surface area contributed by atoms with Gasteiger partial charge in [-0.3, -0.25) is 14.8 Å². The van der Waals surface area contributed by atoms with Gasteiger partial charge in [0.15, 0.2) is 0 Å². The molecule has 14 heavy (non-hydrogen) atoms. The fourth-order valence-corrected chi connectivity index (χ4v) is 1.08. The molecule has 1 atom stereocenters. The van der Waals surface area contributed by atoms with Crippen LogP contribution in [-0.2, 0) is 7.05 Å². The Kier molecular flexibility index (Phi) is 2.75. The summed E-state index contributed by atoms with van der Waals surface area (Å²) >= 11 is 0. The van der Waals surface area contributed by atoms with E-state index in [4.69, 9.17) is 5.73 Å². The molecule has 0 saturated carbocycles. The molecule has 1 aromatic heterocycles. The molecule has 0 aliphatic heterocycles. The second-order valence-corrected chi connectivity index (χ2v) is 2.66. The summed E-state index contributed by atoms with van der Waals surface area (Å²) in [5, 5.41) is 13.9. The van der Waals surface area contributed by atoms with Crippen molar-refractivity contribution in [2.75, 3.05) is 0 Å². The largest absolute Gasteiger partial charge is 0.318 e. The molecular formula is C6H8F2N4O2. The Hall–Kier alpha value is -1.57. The van der Waals surface area contributed by atoms with Gasteiger partial charge in [-0.1, -0.05) is 0 Å². The van der Waals surface area contributed by atoms with Crippen molar-refractivity contribution in [3.8, 4) is 0 Å². The van der Waals surface area contributed by atoms with Gasteiger partial charge in [0.05, 0.1) is 4.92 Å². The number of hydrogen-bond donors (Lipinski definition) is 1. The molecule has 1 unspecified atom stereocenters. The van der Waals surface area contributed by atoms with E-state index in [2.05, 4.69) is 5.10 Å². The average molecular weight is 206 g/mol. The van der Waals surface area contributed by atoms with Crippen molar-refractivity contribution in [2.24, 2.45) is 12.8 Å². The molecule has 8 heteroatoms. The Labute approximate surface area is 77.5 Å². The molecule has 6 nitrogen and oxygen atoms in total. The Morgan fingerprint density at radius 2 is 2.29 bits per heavy atom. The Bertz CT molecular complexity index is 352. The Morgan fingerprint density at radius 3 is 2.71 bits per heavy atom. The molecule has 0 saturated heterocycles. The van der Waals surface area contributed by atoms with Crippen LogP contribution in [0.1, 0.15) is 11.7 Å². The van der Waals surface area contributed by atoms with Crippen molar-refractivity contribution in [2.45, 2.75) is 12.5 Å². The molecule has 1 aromatic rings. The summed E-state index contributed by atoms with van der Waals surface area (Å²) < 4.78 is 25.4. The van der Waals surface area contributed by atoms with Gasteiger partial charge in [-0.2, -0.15) is 5.10 Å². The Morgan fingerprint density at radius 1 is 1.71 bits per heavy atom. The second-order valence-electron chi connectivity index (χ2n) is 2.66. The molecule has 0 radical (unpaired) electrons. The highest BCUT2D eigenvalue weighted by Gasteiger charge is 2.30. The lowest BCUT2D eigenvalue weighted by atomic mass is 10.2. The van der Waals surface area contributed by atoms with E-state index in [1.54, 1.807) is 0 Å². The normalized spacial score (nSPS) is 13.2. The molecule has 2 N–H and O–H groups in total. The summed E-state index contributed by atoms with van der Waals surface area (Å²) in [7, 11) is 1.32. The van der Waals surface area contributed by atoms with Crippen LogP contribution in [0.3, 0.4) is 0 Å². The van der Waals surface area contributed by atoms with Gasteiger partial charge >= 0.3 is 5.69 Å². The summed E-state index contributed by atoms with van der Waals surface area (Å²) in [6.07, 6.45) is -1.96. The minimum Gasteiger partial charge on any atom is -0.318 e. The van der Waals surface area contributed by atoms with Crippen LogP contribution in [0.2, 0.25) is 0 Å². The summed E-state index contributed by atoms with van der Waals surface area (Å²) in [5.74, 6) is 0. The van der Waals surface area contributed by atoms with E-state index in [0.29, 0.717) is 0 Å². The lowest BCUT2D eigenvalue weighted by Crippen LogP contribution is -2.22. The highest BCUT2D eigenvalue weighted by Crippen LogP contribution is 2.26. The summed E-state index contributed by atoms with van der Waals surface area (Å²) in [6, 6.07) is -1.69. The first-order valence-electron chi connectivity index (χ1n) is 3.65. The van der Waals surface area contributed by atoms with E-state index < -0.39 is 23.1 Å². The van der Waals surface area contributed by atoms with Crippen molar-refractivity contribution in [1.29, 1.82) is 0 Å². The Balaban J connectivity index is 3.17. The van der Waals surface area contributed by atoms with Crippen LogP contribution in [0.25, 0.3) is 0 Å². The van der Waals surface area contributed by atoms with Crippen molar-refractivity contribution in [1.82, 2.24) is 9.78 Å². The van der Waals surface area contributed by atoms with Crippen molar-refractivity contribution < 1.29 is 13.7 Å². The fourth-order valence-electron chi connectivity index (χ4n) is 1.08. The molecule has 0 aromatic carbocycles. The van der Waals surface area contributed by atoms with Crippen molar-refractivity contribution in [3.05, 3.63) is 22.0 Å². The molecule has 0 fully saturated rings. The number of nitrogens with two attached hydrogens (primary N) is 1. The SMILES string of the molecule is Cn1ncc([N+](=O)[O-])c1C(N)C(F)F. The van der Waals surface area contributed by atoms with Crippen LogP contribution in [0.4, 0.5) is 14.5 Å². The number of aromatic nitrogens is 2. The standard InChI is InChI=1S/C6H8F2N4O2/c1-11-5(4(9)6(7)8)3(2-10-11)12(13)14/h2,4,6H,9H2,1H3. The van der Waals surface area contributed by atoms with Gasteiger partial charge < -0.3 is 5.73 Å². The zero-order valence-corrected chi connectivity index (χ0v) is 7.22. The van der Waals surface area contributed by atoms with Crippen LogP contribution in [-0.4, -0.2) is 21.1 Å². The maximum atomic E-state index is 12.2. The number of halogens is 2. The van der Waals surface area contributed by atoms with Gasteiger partial charge in [0.1, 0.15) is 17.9 Å². The fraction of sp³-hybridized carbons (Fsp3) is 0.500. The van der Waals surface area contributed by atoms with Gasteiger partial charge in [-0.15, -0.1) is 0 Å². The topological polar surface area (TPSA) is 87.0 Å². The third kappa shape index (κ3) is 1.69. The van der Waals surface area contributed by atoms with Crippen molar-refractivity contribution >= 4 is 5.69 Å². The molecule has 1 heterocycles. The smallest absolute Gasteiger partial charge is 0.312 e. The van der Waals surface area contributed by atoms with Gasteiger partial charge in [0.2, 0.25) is 0 Å². The van der Waals surface area contributed by atoms with Crippen molar-refractivity contribution in [3.63, 3.8) is 0 Å². The molecule has 0 aliphatic rings. The highest BCUT2D eigenvalue weighted by atomic mass is 19.3. The summed E-state index contributed by atoms with van der Waals surface area (Å²) in [5.41, 5.74) is 4.35. The van der Waals surface area contributed by atoms with E-state index in [1.165, 1.54) is 7.05 Å². The van der Waals surface area contributed by atoms with Gasteiger partial charge in [-0.05, 0) is 0 Å². The first-order valence-corrected chi connectivity index (χ1v) is 3.65. The monoisotopic (exact) mass is 206 g/mol. The number of nitrogens with zero attached hydrogens (tertiary/aromatic N) is 3. The van der Waals surface area contributed by atoms with E-state index in [9.17, 15) is 18.9 Å². The third-order valence-corrected chi connectivity index (χ3v) is 1.75. The molecule has 0 bridgehead atoms. The van der Waals surface area contributed by atoms with Crippen LogP contribution in [0.5, 0.6) is 0 Å². The van der Waals surface area contributed by atoms with Crippen LogP contribution in [0, 0.1) is 10.1 Å². The molecule has 0 spiro atoms. The summed E-state index contributed by atoms with van der Waals surface area (Å²) in [6.45, 7) is 0. The average Bonchev–Trinajstić information content (AvgIpc) is 2.45. The highest BCUT2D eigenvalue weighted by molar-refractivity contribution is 5.35. The van der Waals surface area contributed by atoms with Crippen LogP contribution in [0.15, 0.2) is 6.20 Å². The maximum Gasteiger partial charge on any atom is 0.312 e. The first kappa shape index (κ1) is 10.5. The zero-order valence-electron chi connectivity index (χ0n) is 7.22. The summed E-state index contributed by atoms with van der Waals surface area (Å²) in [4.78, 5) is 9.63. The quantitative estimate of drug-likeness (QED) is 0.579. The predicted octanol–water partition coefficient (Wildman–Crippen LogP) is 0.593. The number of aryl methyl sites for hydroxylation is 1. The van der Waals surface area contributed by atoms with Crippen LogP contribution >= 0.6 is 0 Å².